The average molecular weight is 371 g/mol. The van der Waals surface area contributed by atoms with Crippen LogP contribution >= 0.6 is 15.9 Å². The predicted octanol–water partition coefficient (Wildman–Crippen LogP) is 1.13. The second-order valence-corrected chi connectivity index (χ2v) is 5.90. The van der Waals surface area contributed by atoms with Crippen molar-refractivity contribution in [3.8, 4) is 0 Å². The highest BCUT2D eigenvalue weighted by Crippen LogP contribution is 2.21. The first-order chi connectivity index (χ1) is 10.6. The van der Waals surface area contributed by atoms with Gasteiger partial charge in [-0.2, -0.15) is 0 Å². The molecule has 8 heteroatoms. The number of amides is 1. The van der Waals surface area contributed by atoms with Crippen molar-refractivity contribution in [1.29, 1.82) is 0 Å². The smallest absolute Gasteiger partial charge is 0.325 e. The van der Waals surface area contributed by atoms with Gasteiger partial charge in [0.1, 0.15) is 6.54 Å². The number of esters is 1. The molecule has 0 bridgehead atoms. The summed E-state index contributed by atoms with van der Waals surface area (Å²) < 4.78 is 5.62. The van der Waals surface area contributed by atoms with Crippen LogP contribution in [-0.4, -0.2) is 48.1 Å². The third kappa shape index (κ3) is 4.66. The Morgan fingerprint density at radius 1 is 1.36 bits per heavy atom. The number of halogens is 1. The molecule has 0 aliphatic carbocycles. The van der Waals surface area contributed by atoms with E-state index < -0.39 is 5.97 Å². The van der Waals surface area contributed by atoms with Gasteiger partial charge in [-0.05, 0) is 35.7 Å². The molecule has 7 nitrogen and oxygen atoms in total. The molecule has 120 valence electrons. The first kappa shape index (κ1) is 16.7. The number of anilines is 1. The SMILES string of the molecule is CCOC(=O)CNC(=O)C1CCN(c2ncc(Br)cn2)CC1. The number of piperidine rings is 1. The molecule has 0 radical (unpaired) electrons. The molecule has 1 aliphatic rings. The minimum Gasteiger partial charge on any atom is -0.465 e. The van der Waals surface area contributed by atoms with Gasteiger partial charge in [-0.3, -0.25) is 9.59 Å². The van der Waals surface area contributed by atoms with Gasteiger partial charge in [0.25, 0.3) is 0 Å². The number of nitrogens with one attached hydrogen (secondary N) is 1. The number of carbonyl (C=O) groups excluding carboxylic acids is 2. The van der Waals surface area contributed by atoms with Gasteiger partial charge < -0.3 is 15.0 Å². The van der Waals surface area contributed by atoms with Gasteiger partial charge in [-0.1, -0.05) is 0 Å². The van der Waals surface area contributed by atoms with E-state index in [-0.39, 0.29) is 18.4 Å². The molecule has 2 heterocycles. The maximum atomic E-state index is 12.0. The molecule has 0 unspecified atom stereocenters. The third-order valence-corrected chi connectivity index (χ3v) is 3.88. The Balaban J connectivity index is 1.78. The monoisotopic (exact) mass is 370 g/mol. The van der Waals surface area contributed by atoms with Gasteiger partial charge in [0.15, 0.2) is 0 Å². The molecule has 1 aromatic rings. The lowest BCUT2D eigenvalue weighted by atomic mass is 9.96. The van der Waals surface area contributed by atoms with Crippen LogP contribution in [0.4, 0.5) is 5.95 Å². The van der Waals surface area contributed by atoms with Crippen LogP contribution in [0.25, 0.3) is 0 Å². The van der Waals surface area contributed by atoms with E-state index in [9.17, 15) is 9.59 Å². The summed E-state index contributed by atoms with van der Waals surface area (Å²) in [6.45, 7) is 3.43. The number of carbonyl (C=O) groups is 2. The van der Waals surface area contributed by atoms with Crippen molar-refractivity contribution in [3.05, 3.63) is 16.9 Å². The molecule has 0 aromatic carbocycles. The van der Waals surface area contributed by atoms with E-state index in [4.69, 9.17) is 4.74 Å². The van der Waals surface area contributed by atoms with Gasteiger partial charge in [-0.15, -0.1) is 0 Å². The molecular weight excluding hydrogens is 352 g/mol. The molecular formula is C14H19BrN4O3. The van der Waals surface area contributed by atoms with Gasteiger partial charge in [0.2, 0.25) is 11.9 Å². The topological polar surface area (TPSA) is 84.4 Å². The van der Waals surface area contributed by atoms with Crippen LogP contribution in [0.3, 0.4) is 0 Å². The van der Waals surface area contributed by atoms with Crippen molar-refractivity contribution in [1.82, 2.24) is 15.3 Å². The number of hydrogen-bond acceptors (Lipinski definition) is 6. The van der Waals surface area contributed by atoms with E-state index in [1.54, 1.807) is 19.3 Å². The molecule has 0 saturated carbocycles. The van der Waals surface area contributed by atoms with Crippen molar-refractivity contribution in [2.45, 2.75) is 19.8 Å². The highest BCUT2D eigenvalue weighted by molar-refractivity contribution is 9.10. The van der Waals surface area contributed by atoms with E-state index in [0.29, 0.717) is 25.4 Å². The zero-order chi connectivity index (χ0) is 15.9. The number of aromatic nitrogens is 2. The molecule has 1 aromatic heterocycles. The second kappa shape index (κ2) is 8.07. The van der Waals surface area contributed by atoms with E-state index in [1.165, 1.54) is 0 Å². The minimum atomic E-state index is -0.406. The molecule has 0 atom stereocenters. The van der Waals surface area contributed by atoms with Crippen LogP contribution in [0.5, 0.6) is 0 Å². The van der Waals surface area contributed by atoms with Crippen molar-refractivity contribution >= 4 is 33.8 Å². The predicted molar refractivity (Wildman–Crippen MR) is 84.3 cm³/mol. The summed E-state index contributed by atoms with van der Waals surface area (Å²) in [6, 6.07) is 0. The molecule has 1 saturated heterocycles. The summed E-state index contributed by atoms with van der Waals surface area (Å²) in [5.41, 5.74) is 0. The van der Waals surface area contributed by atoms with Crippen molar-refractivity contribution < 1.29 is 14.3 Å². The van der Waals surface area contributed by atoms with E-state index >= 15 is 0 Å². The van der Waals surface area contributed by atoms with E-state index in [0.717, 1.165) is 17.6 Å². The minimum absolute atomic E-state index is 0.0668. The summed E-state index contributed by atoms with van der Waals surface area (Å²) in [6.07, 6.45) is 4.85. The van der Waals surface area contributed by atoms with Gasteiger partial charge in [0, 0.05) is 31.4 Å². The number of hydrogen-bond donors (Lipinski definition) is 1. The Hall–Kier alpha value is -1.70. The Morgan fingerprint density at radius 3 is 2.59 bits per heavy atom. The highest BCUT2D eigenvalue weighted by Gasteiger charge is 2.26. The fourth-order valence-corrected chi connectivity index (χ4v) is 2.53. The first-order valence-corrected chi connectivity index (χ1v) is 8.05. The van der Waals surface area contributed by atoms with Crippen molar-refractivity contribution in [2.75, 3.05) is 31.1 Å². The zero-order valence-corrected chi connectivity index (χ0v) is 14.0. The van der Waals surface area contributed by atoms with Crippen LogP contribution in [0, 0.1) is 5.92 Å². The molecule has 1 fully saturated rings. The molecule has 1 N–H and O–H groups in total. The lowest BCUT2D eigenvalue weighted by Crippen LogP contribution is -2.42. The zero-order valence-electron chi connectivity index (χ0n) is 12.4. The Morgan fingerprint density at radius 2 is 2.00 bits per heavy atom. The maximum absolute atomic E-state index is 12.0. The first-order valence-electron chi connectivity index (χ1n) is 7.26. The standard InChI is InChI=1S/C14H19BrN4O3/c1-2-22-12(20)9-16-13(21)10-3-5-19(6-4-10)14-17-7-11(15)8-18-14/h7-8,10H,2-6,9H2,1H3,(H,16,21). The lowest BCUT2D eigenvalue weighted by molar-refractivity contribution is -0.143. The quantitative estimate of drug-likeness (QED) is 0.782. The number of nitrogens with zero attached hydrogens (tertiary/aromatic N) is 3. The van der Waals surface area contributed by atoms with Gasteiger partial charge in [0.05, 0.1) is 11.1 Å². The summed E-state index contributed by atoms with van der Waals surface area (Å²) in [5.74, 6) is 0.0932. The fourth-order valence-electron chi connectivity index (χ4n) is 2.33. The lowest BCUT2D eigenvalue weighted by Gasteiger charge is -2.31. The Kier molecular flexibility index (Phi) is 6.11. The number of rotatable bonds is 5. The average Bonchev–Trinajstić information content (AvgIpc) is 2.54. The van der Waals surface area contributed by atoms with Crippen LogP contribution in [0.15, 0.2) is 16.9 Å². The summed E-state index contributed by atoms with van der Waals surface area (Å²) in [4.78, 5) is 33.8. The summed E-state index contributed by atoms with van der Waals surface area (Å²) in [5, 5.41) is 2.63. The van der Waals surface area contributed by atoms with Crippen LogP contribution in [-0.2, 0) is 14.3 Å². The number of ether oxygens (including phenoxy) is 1. The van der Waals surface area contributed by atoms with Crippen molar-refractivity contribution in [3.63, 3.8) is 0 Å². The molecule has 1 aliphatic heterocycles. The molecule has 0 spiro atoms. The van der Waals surface area contributed by atoms with Crippen LogP contribution < -0.4 is 10.2 Å². The second-order valence-electron chi connectivity index (χ2n) is 4.99. The van der Waals surface area contributed by atoms with E-state index in [1.807, 2.05) is 0 Å². The molecule has 2 rings (SSSR count). The third-order valence-electron chi connectivity index (χ3n) is 3.47. The van der Waals surface area contributed by atoms with Gasteiger partial charge >= 0.3 is 5.97 Å². The Labute approximate surface area is 137 Å². The van der Waals surface area contributed by atoms with Crippen molar-refractivity contribution in [2.24, 2.45) is 5.92 Å². The Bertz CT molecular complexity index is 515. The van der Waals surface area contributed by atoms with Gasteiger partial charge in [-0.25, -0.2) is 9.97 Å². The van der Waals surface area contributed by atoms with Crippen LogP contribution in [0.1, 0.15) is 19.8 Å². The summed E-state index contributed by atoms with van der Waals surface area (Å²) >= 11 is 3.30. The summed E-state index contributed by atoms with van der Waals surface area (Å²) in [7, 11) is 0. The van der Waals surface area contributed by atoms with E-state index in [2.05, 4.69) is 36.1 Å². The fraction of sp³-hybridized carbons (Fsp3) is 0.571. The molecule has 1 amide bonds. The largest absolute Gasteiger partial charge is 0.465 e. The van der Waals surface area contributed by atoms with Crippen LogP contribution in [0.2, 0.25) is 0 Å². The highest BCUT2D eigenvalue weighted by atomic mass is 79.9. The maximum Gasteiger partial charge on any atom is 0.325 e. The molecule has 22 heavy (non-hydrogen) atoms. The normalized spacial score (nSPS) is 15.5.